The first kappa shape index (κ1) is 27.8. The van der Waals surface area contributed by atoms with Crippen LogP contribution in [0.3, 0.4) is 0 Å². The first-order chi connectivity index (χ1) is 16.6. The SMILES string of the molecule is COC(=O)CC1C[C@H]([C@H]2OC(C)(C)N(C(C)=O)[C@H]2Cc2cc(F)cc(F)c2)N(C(=O)OC(C)(C)C)C1. The number of hydrogen-bond acceptors (Lipinski definition) is 6. The quantitative estimate of drug-likeness (QED) is 0.556. The molecule has 0 bridgehead atoms. The summed E-state index contributed by atoms with van der Waals surface area (Å²) in [5.74, 6) is -2.31. The van der Waals surface area contributed by atoms with Crippen molar-refractivity contribution in [3.63, 3.8) is 0 Å². The highest BCUT2D eigenvalue weighted by Crippen LogP contribution is 2.41. The third kappa shape index (κ3) is 6.32. The smallest absolute Gasteiger partial charge is 0.410 e. The summed E-state index contributed by atoms with van der Waals surface area (Å²) >= 11 is 0. The van der Waals surface area contributed by atoms with Gasteiger partial charge in [-0.05, 0) is 71.1 Å². The van der Waals surface area contributed by atoms with Crippen LogP contribution in [-0.4, -0.2) is 70.9 Å². The Bertz CT molecular complexity index is 988. The molecule has 0 radical (unpaired) electrons. The second-order valence-electron chi connectivity index (χ2n) is 11.0. The van der Waals surface area contributed by atoms with E-state index in [1.165, 1.54) is 26.2 Å². The lowest BCUT2D eigenvalue weighted by atomic mass is 9.92. The molecule has 2 saturated heterocycles. The van der Waals surface area contributed by atoms with Gasteiger partial charge in [-0.3, -0.25) is 9.59 Å². The monoisotopic (exact) mass is 510 g/mol. The highest BCUT2D eigenvalue weighted by molar-refractivity contribution is 5.75. The van der Waals surface area contributed by atoms with Gasteiger partial charge in [-0.1, -0.05) is 0 Å². The standard InChI is InChI=1S/C26H36F2N2O6/c1-15(31)30-21(10-16-8-18(27)13-19(28)9-16)23(35-26(30,5)6)20-11-17(12-22(32)34-7)14-29(20)24(33)36-25(2,3)4/h8-9,13,17,20-21,23H,10-12,14H2,1-7H3/t17?,20-,21+,23-/m1/s1. The minimum atomic E-state index is -1.03. The molecule has 0 aliphatic carbocycles. The molecule has 1 aromatic rings. The molecule has 0 saturated carbocycles. The summed E-state index contributed by atoms with van der Waals surface area (Å²) in [4.78, 5) is 41.1. The fraction of sp³-hybridized carbons (Fsp3) is 0.654. The fourth-order valence-electron chi connectivity index (χ4n) is 5.41. The van der Waals surface area contributed by atoms with Crippen molar-refractivity contribution in [2.45, 2.75) is 90.3 Å². The van der Waals surface area contributed by atoms with E-state index in [0.29, 0.717) is 12.0 Å². The molecule has 2 aliphatic rings. The van der Waals surface area contributed by atoms with Gasteiger partial charge in [0, 0.05) is 19.5 Å². The molecule has 8 nitrogen and oxygen atoms in total. The van der Waals surface area contributed by atoms with E-state index in [0.717, 1.165) is 6.07 Å². The average Bonchev–Trinajstić information content (AvgIpc) is 3.23. The van der Waals surface area contributed by atoms with Gasteiger partial charge in [0.15, 0.2) is 0 Å². The molecule has 1 aromatic carbocycles. The number of benzene rings is 1. The van der Waals surface area contributed by atoms with Crippen LogP contribution in [0.25, 0.3) is 0 Å². The molecule has 0 N–H and O–H groups in total. The van der Waals surface area contributed by atoms with Crippen LogP contribution in [0.1, 0.15) is 59.9 Å². The van der Waals surface area contributed by atoms with Crippen LogP contribution in [0, 0.1) is 17.6 Å². The van der Waals surface area contributed by atoms with Crippen molar-refractivity contribution in [3.05, 3.63) is 35.4 Å². The van der Waals surface area contributed by atoms with E-state index in [1.807, 2.05) is 0 Å². The zero-order valence-electron chi connectivity index (χ0n) is 22.0. The second-order valence-corrected chi connectivity index (χ2v) is 11.0. The normalized spacial score (nSPS) is 25.7. The first-order valence-electron chi connectivity index (χ1n) is 12.1. The van der Waals surface area contributed by atoms with E-state index in [-0.39, 0.29) is 31.2 Å². The molecule has 4 atom stereocenters. The van der Waals surface area contributed by atoms with Crippen LogP contribution in [-0.2, 0) is 30.2 Å². The van der Waals surface area contributed by atoms with E-state index >= 15 is 0 Å². The molecule has 2 amide bonds. The van der Waals surface area contributed by atoms with Crippen LogP contribution in [0.2, 0.25) is 0 Å². The number of ether oxygens (including phenoxy) is 3. The zero-order chi connectivity index (χ0) is 27.0. The van der Waals surface area contributed by atoms with Gasteiger partial charge in [-0.15, -0.1) is 0 Å². The van der Waals surface area contributed by atoms with Crippen molar-refractivity contribution in [2.75, 3.05) is 13.7 Å². The summed E-state index contributed by atoms with van der Waals surface area (Å²) in [5, 5.41) is 0. The van der Waals surface area contributed by atoms with E-state index in [2.05, 4.69) is 0 Å². The summed E-state index contributed by atoms with van der Waals surface area (Å²) < 4.78 is 44.8. The molecule has 36 heavy (non-hydrogen) atoms. The van der Waals surface area contributed by atoms with Crippen molar-refractivity contribution in [3.8, 4) is 0 Å². The average molecular weight is 511 g/mol. The molecule has 2 aliphatic heterocycles. The number of carbonyl (C=O) groups excluding carboxylic acids is 3. The van der Waals surface area contributed by atoms with Gasteiger partial charge < -0.3 is 24.0 Å². The summed E-state index contributed by atoms with van der Waals surface area (Å²) in [6, 6.07) is 2.08. The number of nitrogens with zero attached hydrogens (tertiary/aromatic N) is 2. The van der Waals surface area contributed by atoms with Gasteiger partial charge in [-0.25, -0.2) is 13.6 Å². The van der Waals surface area contributed by atoms with Crippen molar-refractivity contribution in [2.24, 2.45) is 5.92 Å². The molecule has 0 spiro atoms. The summed E-state index contributed by atoms with van der Waals surface area (Å²) in [6.45, 7) is 10.4. The predicted molar refractivity (Wildman–Crippen MR) is 127 cm³/mol. The summed E-state index contributed by atoms with van der Waals surface area (Å²) in [7, 11) is 1.31. The molecule has 10 heteroatoms. The van der Waals surface area contributed by atoms with Gasteiger partial charge in [0.25, 0.3) is 0 Å². The topological polar surface area (TPSA) is 85.4 Å². The van der Waals surface area contributed by atoms with Gasteiger partial charge >= 0.3 is 12.1 Å². The van der Waals surface area contributed by atoms with Gasteiger partial charge in [0.1, 0.15) is 29.1 Å². The molecular formula is C26H36F2N2O6. The summed E-state index contributed by atoms with van der Waals surface area (Å²) in [6.07, 6.45) is -0.612. The Morgan fingerprint density at radius 1 is 1.14 bits per heavy atom. The highest BCUT2D eigenvalue weighted by Gasteiger charge is 2.55. The molecule has 0 aromatic heterocycles. The highest BCUT2D eigenvalue weighted by atomic mass is 19.1. The minimum Gasteiger partial charge on any atom is -0.469 e. The Balaban J connectivity index is 2.00. The van der Waals surface area contributed by atoms with E-state index < -0.39 is 53.2 Å². The number of amides is 2. The van der Waals surface area contributed by atoms with Crippen LogP contribution >= 0.6 is 0 Å². The maximum atomic E-state index is 14.0. The van der Waals surface area contributed by atoms with Gasteiger partial charge in [0.05, 0.1) is 25.6 Å². The van der Waals surface area contributed by atoms with E-state index in [4.69, 9.17) is 14.2 Å². The number of likely N-dealkylation sites (tertiary alicyclic amines) is 1. The van der Waals surface area contributed by atoms with Crippen molar-refractivity contribution in [1.29, 1.82) is 0 Å². The molecule has 2 heterocycles. The van der Waals surface area contributed by atoms with Crippen LogP contribution in [0.15, 0.2) is 18.2 Å². The molecule has 1 unspecified atom stereocenters. The Morgan fingerprint density at radius 3 is 2.28 bits per heavy atom. The van der Waals surface area contributed by atoms with Crippen LogP contribution in [0.5, 0.6) is 0 Å². The lowest BCUT2D eigenvalue weighted by molar-refractivity contribution is -0.146. The minimum absolute atomic E-state index is 0.110. The Labute approximate surface area is 210 Å². The van der Waals surface area contributed by atoms with Crippen molar-refractivity contribution >= 4 is 18.0 Å². The molecule has 3 rings (SSSR count). The predicted octanol–water partition coefficient (Wildman–Crippen LogP) is 4.05. The lowest BCUT2D eigenvalue weighted by Crippen LogP contribution is -2.52. The number of methoxy groups -OCH3 is 1. The number of halogens is 2. The molecule has 2 fully saturated rings. The van der Waals surface area contributed by atoms with Crippen LogP contribution in [0.4, 0.5) is 13.6 Å². The Kier molecular flexibility index (Phi) is 7.98. The second kappa shape index (κ2) is 10.3. The van der Waals surface area contributed by atoms with Crippen LogP contribution < -0.4 is 0 Å². The maximum Gasteiger partial charge on any atom is 0.410 e. The van der Waals surface area contributed by atoms with E-state index in [1.54, 1.807) is 44.4 Å². The van der Waals surface area contributed by atoms with Gasteiger partial charge in [0.2, 0.25) is 5.91 Å². The number of esters is 1. The Hall–Kier alpha value is -2.75. The lowest BCUT2D eigenvalue weighted by Gasteiger charge is -2.34. The molecule has 200 valence electrons. The maximum absolute atomic E-state index is 14.0. The third-order valence-corrected chi connectivity index (χ3v) is 6.54. The van der Waals surface area contributed by atoms with Crippen molar-refractivity contribution < 1.29 is 37.4 Å². The Morgan fingerprint density at radius 2 is 1.75 bits per heavy atom. The molecular weight excluding hydrogens is 474 g/mol. The number of hydrogen-bond donors (Lipinski definition) is 0. The van der Waals surface area contributed by atoms with E-state index in [9.17, 15) is 23.2 Å². The summed E-state index contributed by atoms with van der Waals surface area (Å²) in [5.41, 5.74) is -1.42. The zero-order valence-corrected chi connectivity index (χ0v) is 22.0. The number of rotatable bonds is 5. The fourth-order valence-corrected chi connectivity index (χ4v) is 5.41. The van der Waals surface area contributed by atoms with Crippen molar-refractivity contribution in [1.82, 2.24) is 9.80 Å². The number of carbonyl (C=O) groups is 3. The third-order valence-electron chi connectivity index (χ3n) is 6.54. The largest absolute Gasteiger partial charge is 0.469 e. The first-order valence-corrected chi connectivity index (χ1v) is 12.1. The van der Waals surface area contributed by atoms with Gasteiger partial charge in [-0.2, -0.15) is 0 Å².